The van der Waals surface area contributed by atoms with Gasteiger partial charge < -0.3 is 5.11 Å². The van der Waals surface area contributed by atoms with Gasteiger partial charge in [-0.2, -0.15) is 15.4 Å². The Balaban J connectivity index is 2.01. The number of benzene rings is 3. The molecule has 0 aliphatic heterocycles. The molecule has 0 bridgehead atoms. The summed E-state index contributed by atoms with van der Waals surface area (Å²) in [7, 11) is 0. The van der Waals surface area contributed by atoms with E-state index < -0.39 is 0 Å². The Morgan fingerprint density at radius 1 is 0.758 bits per heavy atom. The van der Waals surface area contributed by atoms with Crippen molar-refractivity contribution in [1.29, 1.82) is 0 Å². The Kier molecular flexibility index (Phi) is 5.60. The summed E-state index contributed by atoms with van der Waals surface area (Å²) in [5.74, 6) is 0.326. The van der Waals surface area contributed by atoms with Gasteiger partial charge in [-0.05, 0) is 40.5 Å². The molecular weight excluding hydrogens is 406 g/mol. The number of hydrogen-bond acceptors (Lipinski definition) is 3. The minimum Gasteiger partial charge on any atom is -0.507 e. The minimum absolute atomic E-state index is 0.118. The molecule has 1 heterocycles. The molecule has 0 amide bonds. The SMILES string of the molecule is CC(C)(C)CC(C)(C)c1cc(C(C)(C)c2ccccc2)cc(-c2cccc3n[nH]nc23)c1O. The van der Waals surface area contributed by atoms with E-state index in [0.29, 0.717) is 5.75 Å². The van der Waals surface area contributed by atoms with Gasteiger partial charge in [-0.15, -0.1) is 0 Å². The molecule has 172 valence electrons. The van der Waals surface area contributed by atoms with Gasteiger partial charge in [0.2, 0.25) is 0 Å². The van der Waals surface area contributed by atoms with E-state index in [-0.39, 0.29) is 16.2 Å². The molecule has 4 nitrogen and oxygen atoms in total. The summed E-state index contributed by atoms with van der Waals surface area (Å²) < 4.78 is 0. The Morgan fingerprint density at radius 2 is 1.45 bits per heavy atom. The molecule has 2 N–H and O–H groups in total. The van der Waals surface area contributed by atoms with Gasteiger partial charge in [-0.3, -0.25) is 0 Å². The molecule has 33 heavy (non-hydrogen) atoms. The van der Waals surface area contributed by atoms with Gasteiger partial charge in [-0.1, -0.05) is 97.0 Å². The molecule has 0 aliphatic rings. The monoisotopic (exact) mass is 441 g/mol. The van der Waals surface area contributed by atoms with Gasteiger partial charge >= 0.3 is 0 Å². The van der Waals surface area contributed by atoms with E-state index in [9.17, 15) is 5.11 Å². The van der Waals surface area contributed by atoms with Crippen molar-refractivity contribution in [1.82, 2.24) is 15.4 Å². The number of fused-ring (bicyclic) bond motifs is 1. The van der Waals surface area contributed by atoms with E-state index >= 15 is 0 Å². The first-order chi connectivity index (χ1) is 15.4. The molecule has 0 atom stereocenters. The first-order valence-corrected chi connectivity index (χ1v) is 11.6. The summed E-state index contributed by atoms with van der Waals surface area (Å²) in [5.41, 5.74) is 6.26. The molecule has 4 heteroatoms. The van der Waals surface area contributed by atoms with Crippen molar-refractivity contribution >= 4 is 11.0 Å². The van der Waals surface area contributed by atoms with Crippen LogP contribution in [0.1, 0.15) is 71.6 Å². The number of rotatable bonds is 5. The van der Waals surface area contributed by atoms with Crippen LogP contribution in [0.15, 0.2) is 60.7 Å². The van der Waals surface area contributed by atoms with Gasteiger partial charge in [0, 0.05) is 22.1 Å². The Bertz CT molecular complexity index is 1280. The second-order valence-corrected chi connectivity index (χ2v) is 11.5. The predicted octanol–water partition coefficient (Wildman–Crippen LogP) is 7.37. The number of H-pyrrole nitrogens is 1. The topological polar surface area (TPSA) is 61.8 Å². The number of aromatic nitrogens is 3. The van der Waals surface area contributed by atoms with Crippen LogP contribution in [0.4, 0.5) is 0 Å². The van der Waals surface area contributed by atoms with Gasteiger partial charge in [0.05, 0.1) is 0 Å². The number of aromatic hydroxyl groups is 1. The number of aromatic amines is 1. The lowest BCUT2D eigenvalue weighted by molar-refractivity contribution is 0.278. The average molecular weight is 442 g/mol. The maximum absolute atomic E-state index is 11.7. The van der Waals surface area contributed by atoms with E-state index in [1.54, 1.807) is 0 Å². The fourth-order valence-corrected chi connectivity index (χ4v) is 5.24. The summed E-state index contributed by atoms with van der Waals surface area (Å²) in [5, 5.41) is 23.1. The molecule has 1 aromatic heterocycles. The Hall–Kier alpha value is -3.14. The fourth-order valence-electron chi connectivity index (χ4n) is 5.24. The van der Waals surface area contributed by atoms with Crippen LogP contribution >= 0.6 is 0 Å². The highest BCUT2D eigenvalue weighted by Crippen LogP contribution is 2.47. The second-order valence-electron chi connectivity index (χ2n) is 11.5. The molecule has 0 saturated carbocycles. The van der Waals surface area contributed by atoms with Gasteiger partial charge in [-0.25, -0.2) is 0 Å². The summed E-state index contributed by atoms with van der Waals surface area (Å²) in [4.78, 5) is 0. The fraction of sp³-hybridized carbons (Fsp3) is 0.379. The lowest BCUT2D eigenvalue weighted by Gasteiger charge is -2.36. The van der Waals surface area contributed by atoms with E-state index in [4.69, 9.17) is 0 Å². The van der Waals surface area contributed by atoms with Gasteiger partial charge in [0.1, 0.15) is 16.8 Å². The van der Waals surface area contributed by atoms with Gasteiger partial charge in [0.25, 0.3) is 0 Å². The van der Waals surface area contributed by atoms with Crippen LogP contribution in [0.3, 0.4) is 0 Å². The molecule has 0 spiro atoms. The Morgan fingerprint density at radius 3 is 2.12 bits per heavy atom. The summed E-state index contributed by atoms with van der Waals surface area (Å²) >= 11 is 0. The average Bonchev–Trinajstić information content (AvgIpc) is 3.21. The highest BCUT2D eigenvalue weighted by Gasteiger charge is 2.34. The maximum Gasteiger partial charge on any atom is 0.127 e. The first kappa shape index (κ1) is 23.0. The quantitative estimate of drug-likeness (QED) is 0.340. The lowest BCUT2D eigenvalue weighted by atomic mass is 9.69. The summed E-state index contributed by atoms with van der Waals surface area (Å²) in [6, 6.07) is 20.8. The molecule has 4 rings (SSSR count). The maximum atomic E-state index is 11.7. The number of nitrogens with zero attached hydrogens (tertiary/aromatic N) is 2. The molecule has 0 aliphatic carbocycles. The molecule has 0 saturated heterocycles. The van der Waals surface area contributed by atoms with Crippen molar-refractivity contribution in [2.24, 2.45) is 5.41 Å². The van der Waals surface area contributed by atoms with Crippen LogP contribution in [-0.2, 0) is 10.8 Å². The molecule has 4 aromatic rings. The minimum atomic E-state index is -0.242. The number of phenols is 1. The lowest BCUT2D eigenvalue weighted by Crippen LogP contribution is -2.26. The van der Waals surface area contributed by atoms with Crippen LogP contribution in [0.2, 0.25) is 0 Å². The zero-order chi connectivity index (χ0) is 24.0. The number of hydrogen-bond donors (Lipinski definition) is 2. The first-order valence-electron chi connectivity index (χ1n) is 11.6. The summed E-state index contributed by atoms with van der Waals surface area (Å²) in [6.07, 6.45) is 0.941. The smallest absolute Gasteiger partial charge is 0.127 e. The van der Waals surface area contributed by atoms with E-state index in [2.05, 4.69) is 100 Å². The molecule has 0 fully saturated rings. The van der Waals surface area contributed by atoms with Crippen molar-refractivity contribution < 1.29 is 5.11 Å². The van der Waals surface area contributed by atoms with Crippen molar-refractivity contribution in [3.63, 3.8) is 0 Å². The third kappa shape index (κ3) is 4.39. The van der Waals surface area contributed by atoms with Crippen LogP contribution < -0.4 is 0 Å². The van der Waals surface area contributed by atoms with E-state index in [1.165, 1.54) is 11.1 Å². The number of phenolic OH excluding ortho intramolecular Hbond substituents is 1. The van der Waals surface area contributed by atoms with Crippen molar-refractivity contribution in [3.05, 3.63) is 77.4 Å². The predicted molar refractivity (Wildman–Crippen MR) is 137 cm³/mol. The Labute approximate surface area is 197 Å². The molecular formula is C29H35N3O. The summed E-state index contributed by atoms with van der Waals surface area (Å²) in [6.45, 7) is 15.7. The zero-order valence-electron chi connectivity index (χ0n) is 20.8. The van der Waals surface area contributed by atoms with Crippen LogP contribution in [0.25, 0.3) is 22.2 Å². The highest BCUT2D eigenvalue weighted by molar-refractivity contribution is 5.93. The van der Waals surface area contributed by atoms with Crippen molar-refractivity contribution in [3.8, 4) is 16.9 Å². The van der Waals surface area contributed by atoms with Crippen LogP contribution in [0.5, 0.6) is 5.75 Å². The van der Waals surface area contributed by atoms with Crippen molar-refractivity contribution in [2.45, 2.75) is 65.7 Å². The third-order valence-electron chi connectivity index (χ3n) is 6.67. The number of para-hydroxylation sites is 1. The number of nitrogens with one attached hydrogen (secondary N) is 1. The third-order valence-corrected chi connectivity index (χ3v) is 6.67. The molecule has 0 unspecified atom stereocenters. The molecule has 0 radical (unpaired) electrons. The second kappa shape index (κ2) is 8.02. The van der Waals surface area contributed by atoms with Crippen LogP contribution in [-0.4, -0.2) is 20.5 Å². The normalized spacial score (nSPS) is 12.9. The standard InChI is InChI=1S/C29H35N3O/c1-27(2,3)18-28(4,5)23-17-20(29(6,7)19-12-9-8-10-13-19)16-22(26(23)33)21-14-11-15-24-25(21)31-32-30-24/h8-17,33H,18H2,1-7H3,(H,30,31,32). The van der Waals surface area contributed by atoms with E-state index in [1.807, 2.05) is 24.3 Å². The van der Waals surface area contributed by atoms with E-state index in [0.717, 1.165) is 34.1 Å². The van der Waals surface area contributed by atoms with Crippen LogP contribution in [0, 0.1) is 5.41 Å². The largest absolute Gasteiger partial charge is 0.507 e. The van der Waals surface area contributed by atoms with Crippen molar-refractivity contribution in [2.75, 3.05) is 0 Å². The highest BCUT2D eigenvalue weighted by atomic mass is 16.3. The van der Waals surface area contributed by atoms with Gasteiger partial charge in [0.15, 0.2) is 0 Å². The molecule has 3 aromatic carbocycles. The zero-order valence-corrected chi connectivity index (χ0v) is 20.8.